The number of carbonyl (C=O) groups is 1. The molecule has 2 nitrogen and oxygen atoms in total. The van der Waals surface area contributed by atoms with Crippen LogP contribution in [0.25, 0.3) is 0 Å². The molecule has 1 saturated heterocycles. The molecule has 0 bridgehead atoms. The number of ether oxygens (including phenoxy) is 1. The third-order valence-electron chi connectivity index (χ3n) is 1.48. The third-order valence-corrected chi connectivity index (χ3v) is 1.48. The van der Waals surface area contributed by atoms with E-state index in [4.69, 9.17) is 4.74 Å². The van der Waals surface area contributed by atoms with Gasteiger partial charge in [0.2, 0.25) is 0 Å². The average Bonchev–Trinajstić information content (AvgIpc) is 1.88. The molecule has 0 spiro atoms. The van der Waals surface area contributed by atoms with E-state index in [1.165, 1.54) is 0 Å². The molecule has 1 rings (SSSR count). The van der Waals surface area contributed by atoms with E-state index in [9.17, 15) is 4.79 Å². The zero-order valence-corrected chi connectivity index (χ0v) is 6.22. The van der Waals surface area contributed by atoms with Gasteiger partial charge >= 0.3 is 0 Å². The first-order valence-electron chi connectivity index (χ1n) is 3.57. The number of carbonyl (C=O) groups excluding carboxylic acids is 1. The summed E-state index contributed by atoms with van der Waals surface area (Å²) in [5, 5.41) is 0. The van der Waals surface area contributed by atoms with Crippen molar-refractivity contribution in [1.29, 1.82) is 0 Å². The predicted molar refractivity (Wildman–Crippen MR) is 38.8 cm³/mol. The van der Waals surface area contributed by atoms with Crippen molar-refractivity contribution in [3.63, 3.8) is 0 Å². The van der Waals surface area contributed by atoms with Crippen LogP contribution in [-0.4, -0.2) is 19.0 Å². The third kappa shape index (κ3) is 2.31. The highest BCUT2D eigenvalue weighted by Gasteiger charge is 2.04. The van der Waals surface area contributed by atoms with Crippen LogP contribution in [0.5, 0.6) is 0 Å². The van der Waals surface area contributed by atoms with Gasteiger partial charge in [0.15, 0.2) is 5.78 Å². The van der Waals surface area contributed by atoms with E-state index < -0.39 is 0 Å². The van der Waals surface area contributed by atoms with Crippen molar-refractivity contribution in [2.75, 3.05) is 13.2 Å². The molecule has 0 aromatic heterocycles. The molecule has 0 amide bonds. The van der Waals surface area contributed by atoms with Crippen molar-refractivity contribution in [2.24, 2.45) is 0 Å². The van der Waals surface area contributed by atoms with Gasteiger partial charge in [-0.2, -0.15) is 0 Å². The highest BCUT2D eigenvalue weighted by molar-refractivity contribution is 5.87. The molecule has 0 aliphatic carbocycles. The number of rotatable bonds is 1. The van der Waals surface area contributed by atoms with Crippen molar-refractivity contribution < 1.29 is 9.53 Å². The van der Waals surface area contributed by atoms with Crippen LogP contribution in [-0.2, 0) is 9.53 Å². The summed E-state index contributed by atoms with van der Waals surface area (Å²) in [7, 11) is 0. The summed E-state index contributed by atoms with van der Waals surface area (Å²) in [6, 6.07) is 0. The van der Waals surface area contributed by atoms with Crippen LogP contribution in [0.4, 0.5) is 0 Å². The van der Waals surface area contributed by atoms with E-state index in [0.29, 0.717) is 6.61 Å². The molecule has 0 unspecified atom stereocenters. The Morgan fingerprint density at radius 1 is 1.70 bits per heavy atom. The first kappa shape index (κ1) is 7.48. The van der Waals surface area contributed by atoms with Crippen LogP contribution in [0, 0.1) is 0 Å². The summed E-state index contributed by atoms with van der Waals surface area (Å²) in [6.07, 6.45) is 3.76. The minimum atomic E-state index is 0.125. The van der Waals surface area contributed by atoms with Gasteiger partial charge < -0.3 is 4.74 Å². The molecule has 1 aliphatic heterocycles. The van der Waals surface area contributed by atoms with E-state index in [0.717, 1.165) is 25.0 Å². The molecular weight excluding hydrogens is 128 g/mol. The lowest BCUT2D eigenvalue weighted by Crippen LogP contribution is -2.08. The fourth-order valence-corrected chi connectivity index (χ4v) is 1.08. The predicted octanol–water partition coefficient (Wildman–Crippen LogP) is 1.31. The maximum atomic E-state index is 10.6. The maximum absolute atomic E-state index is 10.6. The van der Waals surface area contributed by atoms with Gasteiger partial charge in [-0.1, -0.05) is 0 Å². The van der Waals surface area contributed by atoms with E-state index in [1.807, 2.05) is 0 Å². The Morgan fingerprint density at radius 2 is 2.50 bits per heavy atom. The number of ketones is 1. The van der Waals surface area contributed by atoms with Crippen LogP contribution < -0.4 is 0 Å². The van der Waals surface area contributed by atoms with Gasteiger partial charge in [0.05, 0.1) is 6.61 Å². The monoisotopic (exact) mass is 140 g/mol. The second-order valence-electron chi connectivity index (χ2n) is 2.57. The number of allylic oxidation sites excluding steroid dienone is 1. The largest absolute Gasteiger partial charge is 0.377 e. The minimum absolute atomic E-state index is 0.125. The Balaban J connectivity index is 2.45. The smallest absolute Gasteiger partial charge is 0.152 e. The van der Waals surface area contributed by atoms with Crippen LogP contribution in [0.15, 0.2) is 11.6 Å². The van der Waals surface area contributed by atoms with Crippen molar-refractivity contribution >= 4 is 5.78 Å². The Kier molecular flexibility index (Phi) is 2.63. The Bertz CT molecular complexity index is 151. The van der Waals surface area contributed by atoms with Crippen molar-refractivity contribution in [3.05, 3.63) is 11.6 Å². The maximum Gasteiger partial charge on any atom is 0.152 e. The Hall–Kier alpha value is -0.630. The van der Waals surface area contributed by atoms with Gasteiger partial charge in [-0.25, -0.2) is 0 Å². The average molecular weight is 140 g/mol. The van der Waals surface area contributed by atoms with Crippen LogP contribution in [0.3, 0.4) is 0 Å². The molecule has 0 saturated carbocycles. The van der Waals surface area contributed by atoms with Gasteiger partial charge in [-0.15, -0.1) is 0 Å². The molecule has 1 heterocycles. The fourth-order valence-electron chi connectivity index (χ4n) is 1.08. The molecule has 10 heavy (non-hydrogen) atoms. The van der Waals surface area contributed by atoms with Crippen LogP contribution in [0.2, 0.25) is 0 Å². The minimum Gasteiger partial charge on any atom is -0.377 e. The van der Waals surface area contributed by atoms with Crippen LogP contribution in [0.1, 0.15) is 19.8 Å². The van der Waals surface area contributed by atoms with Crippen molar-refractivity contribution in [3.8, 4) is 0 Å². The molecule has 0 N–H and O–H groups in total. The first-order chi connectivity index (χ1) is 4.79. The number of hydrogen-bond acceptors (Lipinski definition) is 2. The van der Waals surface area contributed by atoms with Crippen LogP contribution >= 0.6 is 0 Å². The fraction of sp³-hybridized carbons (Fsp3) is 0.625. The normalized spacial score (nSPS) is 23.1. The molecule has 2 heteroatoms. The SMILES string of the molecule is CC(=O)/C=C1/CCCOC1. The summed E-state index contributed by atoms with van der Waals surface area (Å²) in [4.78, 5) is 10.6. The van der Waals surface area contributed by atoms with E-state index in [2.05, 4.69) is 0 Å². The number of hydrogen-bond donors (Lipinski definition) is 0. The highest BCUT2D eigenvalue weighted by atomic mass is 16.5. The highest BCUT2D eigenvalue weighted by Crippen LogP contribution is 2.11. The van der Waals surface area contributed by atoms with Gasteiger partial charge in [-0.3, -0.25) is 4.79 Å². The van der Waals surface area contributed by atoms with E-state index in [-0.39, 0.29) is 5.78 Å². The molecule has 0 atom stereocenters. The molecule has 0 aromatic rings. The molecule has 0 radical (unpaired) electrons. The molecule has 1 fully saturated rings. The van der Waals surface area contributed by atoms with E-state index >= 15 is 0 Å². The lowest BCUT2D eigenvalue weighted by atomic mass is 10.1. The van der Waals surface area contributed by atoms with Gasteiger partial charge in [0.1, 0.15) is 0 Å². The quantitative estimate of drug-likeness (QED) is 0.513. The summed E-state index contributed by atoms with van der Waals surface area (Å²) in [5.74, 6) is 0.125. The second kappa shape index (κ2) is 3.52. The summed E-state index contributed by atoms with van der Waals surface area (Å²) in [6.45, 7) is 3.07. The zero-order valence-electron chi connectivity index (χ0n) is 6.22. The topological polar surface area (TPSA) is 26.3 Å². The Morgan fingerprint density at radius 3 is 3.00 bits per heavy atom. The summed E-state index contributed by atoms with van der Waals surface area (Å²) < 4.78 is 5.16. The molecule has 1 aliphatic rings. The molecule has 56 valence electrons. The second-order valence-corrected chi connectivity index (χ2v) is 2.57. The van der Waals surface area contributed by atoms with E-state index in [1.54, 1.807) is 13.0 Å². The lowest BCUT2D eigenvalue weighted by Gasteiger charge is -2.13. The van der Waals surface area contributed by atoms with Crippen molar-refractivity contribution in [1.82, 2.24) is 0 Å². The van der Waals surface area contributed by atoms with Gasteiger partial charge in [0.25, 0.3) is 0 Å². The van der Waals surface area contributed by atoms with Crippen molar-refractivity contribution in [2.45, 2.75) is 19.8 Å². The van der Waals surface area contributed by atoms with Gasteiger partial charge in [0, 0.05) is 6.61 Å². The Labute approximate surface area is 60.9 Å². The standard InChI is InChI=1S/C8H12O2/c1-7(9)5-8-3-2-4-10-6-8/h5H,2-4,6H2,1H3/b8-5-. The molecular formula is C8H12O2. The summed E-state index contributed by atoms with van der Waals surface area (Å²) in [5.41, 5.74) is 1.14. The van der Waals surface area contributed by atoms with Gasteiger partial charge in [-0.05, 0) is 31.4 Å². The zero-order chi connectivity index (χ0) is 7.40. The first-order valence-corrected chi connectivity index (χ1v) is 3.57. The lowest BCUT2D eigenvalue weighted by molar-refractivity contribution is -0.112. The molecule has 0 aromatic carbocycles. The summed E-state index contributed by atoms with van der Waals surface area (Å²) >= 11 is 0.